The molecule has 9 heteroatoms. The van der Waals surface area contributed by atoms with Gasteiger partial charge in [-0.2, -0.15) is 0 Å². The van der Waals surface area contributed by atoms with E-state index in [2.05, 4.69) is 34.5 Å². The SMILES string of the molecule is CSc1nc(-c2ccccc2N)c(-c2ccnc(NC(C)=O)c2)n1COCC[Si](C)(C)C. The number of rotatable bonds is 9. The second kappa shape index (κ2) is 10.3. The molecule has 1 amide bonds. The summed E-state index contributed by atoms with van der Waals surface area (Å²) in [5.74, 6) is 0.315. The Balaban J connectivity index is 2.10. The third-order valence-corrected chi connectivity index (χ3v) is 7.27. The molecule has 3 aromatic rings. The smallest absolute Gasteiger partial charge is 0.222 e. The zero-order chi connectivity index (χ0) is 23.3. The van der Waals surface area contributed by atoms with Crippen molar-refractivity contribution in [1.29, 1.82) is 0 Å². The molecular formula is C23H31N5O2SSi. The molecule has 3 N–H and O–H groups in total. The van der Waals surface area contributed by atoms with Gasteiger partial charge in [-0.1, -0.05) is 49.6 Å². The molecule has 170 valence electrons. The van der Waals surface area contributed by atoms with Crippen molar-refractivity contribution in [3.05, 3.63) is 42.6 Å². The van der Waals surface area contributed by atoms with Gasteiger partial charge in [0.15, 0.2) is 5.16 Å². The van der Waals surface area contributed by atoms with Gasteiger partial charge in [-0.25, -0.2) is 9.97 Å². The highest BCUT2D eigenvalue weighted by atomic mass is 32.2. The maximum atomic E-state index is 11.6. The van der Waals surface area contributed by atoms with E-state index < -0.39 is 8.07 Å². The van der Waals surface area contributed by atoms with Gasteiger partial charge in [-0.05, 0) is 30.5 Å². The van der Waals surface area contributed by atoms with Gasteiger partial charge in [0.25, 0.3) is 0 Å². The molecule has 0 saturated carbocycles. The molecule has 0 saturated heterocycles. The molecule has 32 heavy (non-hydrogen) atoms. The lowest BCUT2D eigenvalue weighted by atomic mass is 10.0. The summed E-state index contributed by atoms with van der Waals surface area (Å²) < 4.78 is 8.18. The zero-order valence-corrected chi connectivity index (χ0v) is 21.1. The minimum absolute atomic E-state index is 0.171. The number of carbonyl (C=O) groups is 1. The molecule has 0 spiro atoms. The predicted molar refractivity (Wildman–Crippen MR) is 135 cm³/mol. The second-order valence-corrected chi connectivity index (χ2v) is 15.2. The van der Waals surface area contributed by atoms with E-state index in [1.165, 1.54) is 6.92 Å². The number of amides is 1. The molecule has 0 fully saturated rings. The molecule has 2 aromatic heterocycles. The lowest BCUT2D eigenvalue weighted by Gasteiger charge is -2.17. The standard InChI is InChI=1S/C23H31N5O2SSi/c1-16(29)26-20-14-17(10-11-25-20)22-21(18-8-6-7-9-19(18)24)27-23(31-2)28(22)15-30-12-13-32(3,4)5/h6-11,14H,12-13,15,24H2,1-5H3,(H,25,26,29). The van der Waals surface area contributed by atoms with Crippen molar-refractivity contribution in [3.8, 4) is 22.5 Å². The number of nitrogens with one attached hydrogen (secondary N) is 1. The molecule has 0 atom stereocenters. The van der Waals surface area contributed by atoms with E-state index in [0.717, 1.165) is 33.7 Å². The van der Waals surface area contributed by atoms with Crippen LogP contribution in [0.4, 0.5) is 11.5 Å². The number of aromatic nitrogens is 3. The van der Waals surface area contributed by atoms with Crippen LogP contribution in [0, 0.1) is 0 Å². The minimum atomic E-state index is -1.19. The number of nitrogens with two attached hydrogens (primary N) is 1. The Morgan fingerprint density at radius 1 is 1.25 bits per heavy atom. The average Bonchev–Trinajstić information content (AvgIpc) is 3.09. The second-order valence-electron chi connectivity index (χ2n) is 8.77. The fourth-order valence-electron chi connectivity index (χ4n) is 3.26. The van der Waals surface area contributed by atoms with Gasteiger partial charge < -0.3 is 15.8 Å². The van der Waals surface area contributed by atoms with Crippen molar-refractivity contribution >= 4 is 37.2 Å². The Morgan fingerprint density at radius 2 is 2.00 bits per heavy atom. The van der Waals surface area contributed by atoms with Crippen LogP contribution in [-0.2, 0) is 16.3 Å². The molecule has 0 aliphatic carbocycles. The van der Waals surface area contributed by atoms with Gasteiger partial charge in [0.2, 0.25) is 5.91 Å². The van der Waals surface area contributed by atoms with Gasteiger partial charge in [0.05, 0.1) is 11.4 Å². The van der Waals surface area contributed by atoms with Crippen LogP contribution in [0.15, 0.2) is 47.8 Å². The lowest BCUT2D eigenvalue weighted by Crippen LogP contribution is -2.22. The molecule has 3 rings (SSSR count). The Bertz CT molecular complexity index is 1090. The Kier molecular flexibility index (Phi) is 7.76. The highest BCUT2D eigenvalue weighted by Gasteiger charge is 2.22. The fourth-order valence-corrected chi connectivity index (χ4v) is 4.57. The molecule has 2 heterocycles. The number of anilines is 2. The van der Waals surface area contributed by atoms with Gasteiger partial charge in [-0.15, -0.1) is 0 Å². The molecule has 0 radical (unpaired) electrons. The first kappa shape index (κ1) is 24.0. The number of para-hydroxylation sites is 1. The number of ether oxygens (including phenoxy) is 1. The number of nitrogens with zero attached hydrogens (tertiary/aromatic N) is 3. The number of thioether (sulfide) groups is 1. The average molecular weight is 470 g/mol. The summed E-state index contributed by atoms with van der Waals surface area (Å²) in [6, 6.07) is 12.6. The molecule has 0 aliphatic heterocycles. The Labute approximate surface area is 194 Å². The van der Waals surface area contributed by atoms with Gasteiger partial charge in [0.1, 0.15) is 12.5 Å². The first-order chi connectivity index (χ1) is 15.2. The van der Waals surface area contributed by atoms with Gasteiger partial charge in [0, 0.05) is 44.6 Å². The van der Waals surface area contributed by atoms with Crippen molar-refractivity contribution in [1.82, 2.24) is 14.5 Å². The Hall–Kier alpha value is -2.62. The summed E-state index contributed by atoms with van der Waals surface area (Å²) in [4.78, 5) is 20.7. The quantitative estimate of drug-likeness (QED) is 0.194. The van der Waals surface area contributed by atoms with Crippen LogP contribution in [0.1, 0.15) is 6.92 Å². The number of benzene rings is 1. The van der Waals surface area contributed by atoms with Crippen LogP contribution >= 0.6 is 11.8 Å². The van der Waals surface area contributed by atoms with Crippen molar-refractivity contribution < 1.29 is 9.53 Å². The van der Waals surface area contributed by atoms with E-state index in [4.69, 9.17) is 15.5 Å². The van der Waals surface area contributed by atoms with Crippen LogP contribution in [0.2, 0.25) is 25.7 Å². The number of hydrogen-bond acceptors (Lipinski definition) is 6. The third-order valence-electron chi connectivity index (χ3n) is 4.89. The zero-order valence-electron chi connectivity index (χ0n) is 19.3. The summed E-state index contributed by atoms with van der Waals surface area (Å²) in [6.45, 7) is 9.56. The van der Waals surface area contributed by atoms with E-state index in [9.17, 15) is 4.79 Å². The van der Waals surface area contributed by atoms with Crippen molar-refractivity contribution in [2.24, 2.45) is 0 Å². The van der Waals surface area contributed by atoms with Crippen molar-refractivity contribution in [2.75, 3.05) is 23.9 Å². The van der Waals surface area contributed by atoms with Crippen LogP contribution in [0.3, 0.4) is 0 Å². The van der Waals surface area contributed by atoms with Crippen molar-refractivity contribution in [3.63, 3.8) is 0 Å². The number of pyridine rings is 1. The highest BCUT2D eigenvalue weighted by Crippen LogP contribution is 2.38. The van der Waals surface area contributed by atoms with Gasteiger partial charge in [-0.3, -0.25) is 9.36 Å². The topological polar surface area (TPSA) is 95.1 Å². The molecule has 0 unspecified atom stereocenters. The minimum Gasteiger partial charge on any atom is -0.398 e. The summed E-state index contributed by atoms with van der Waals surface area (Å²) in [5.41, 5.74) is 10.4. The van der Waals surface area contributed by atoms with Crippen LogP contribution in [-0.4, -0.2) is 41.4 Å². The number of nitrogen functional groups attached to an aromatic ring is 1. The van der Waals surface area contributed by atoms with E-state index in [1.54, 1.807) is 18.0 Å². The molecular weight excluding hydrogens is 438 g/mol. The van der Waals surface area contributed by atoms with E-state index in [0.29, 0.717) is 24.8 Å². The van der Waals surface area contributed by atoms with Crippen LogP contribution in [0.5, 0.6) is 0 Å². The van der Waals surface area contributed by atoms with Gasteiger partial charge >= 0.3 is 0 Å². The maximum absolute atomic E-state index is 11.6. The third kappa shape index (κ3) is 5.99. The predicted octanol–water partition coefficient (Wildman–Crippen LogP) is 5.19. The number of hydrogen-bond donors (Lipinski definition) is 2. The first-order valence-electron chi connectivity index (χ1n) is 10.5. The molecule has 0 aliphatic rings. The van der Waals surface area contributed by atoms with E-state index in [1.807, 2.05) is 42.7 Å². The van der Waals surface area contributed by atoms with E-state index >= 15 is 0 Å². The monoisotopic (exact) mass is 469 g/mol. The lowest BCUT2D eigenvalue weighted by molar-refractivity contribution is -0.114. The maximum Gasteiger partial charge on any atom is 0.222 e. The highest BCUT2D eigenvalue weighted by molar-refractivity contribution is 7.98. The molecule has 1 aromatic carbocycles. The summed E-state index contributed by atoms with van der Waals surface area (Å²) in [5, 5.41) is 3.60. The van der Waals surface area contributed by atoms with Crippen LogP contribution < -0.4 is 11.1 Å². The number of imidazole rings is 1. The normalized spacial score (nSPS) is 11.5. The molecule has 0 bridgehead atoms. The summed E-state index contributed by atoms with van der Waals surface area (Å²) >= 11 is 1.56. The largest absolute Gasteiger partial charge is 0.398 e. The Morgan fingerprint density at radius 3 is 2.66 bits per heavy atom. The summed E-state index contributed by atoms with van der Waals surface area (Å²) in [7, 11) is -1.19. The first-order valence-corrected chi connectivity index (χ1v) is 15.4. The summed E-state index contributed by atoms with van der Waals surface area (Å²) in [6.07, 6.45) is 3.68. The fraction of sp³-hybridized carbons (Fsp3) is 0.348. The van der Waals surface area contributed by atoms with Crippen LogP contribution in [0.25, 0.3) is 22.5 Å². The van der Waals surface area contributed by atoms with E-state index in [-0.39, 0.29) is 5.91 Å². The molecule has 7 nitrogen and oxygen atoms in total. The number of carbonyl (C=O) groups excluding carboxylic acids is 1. The van der Waals surface area contributed by atoms with Crippen molar-refractivity contribution in [2.45, 2.75) is 44.5 Å².